The summed E-state index contributed by atoms with van der Waals surface area (Å²) in [4.78, 5) is 1.48. The number of benzene rings is 1. The minimum Gasteiger partial charge on any atom is -0.126 e. The van der Waals surface area contributed by atoms with Crippen LogP contribution in [-0.2, 0) is 11.8 Å². The zero-order chi connectivity index (χ0) is 7.68. The van der Waals surface area contributed by atoms with Crippen molar-refractivity contribution in [2.45, 2.75) is 16.6 Å². The van der Waals surface area contributed by atoms with E-state index in [1.165, 1.54) is 28.2 Å². The van der Waals surface area contributed by atoms with Gasteiger partial charge in [0.25, 0.3) is 0 Å². The highest BCUT2D eigenvalue weighted by Crippen LogP contribution is 2.31. The van der Waals surface area contributed by atoms with E-state index in [0.717, 1.165) is 5.33 Å². The molecule has 0 unspecified atom stereocenters. The first-order chi connectivity index (χ1) is 5.40. The van der Waals surface area contributed by atoms with Crippen molar-refractivity contribution in [3.05, 3.63) is 29.3 Å². The van der Waals surface area contributed by atoms with Gasteiger partial charge in [0.2, 0.25) is 0 Å². The maximum absolute atomic E-state index is 3.46. The predicted molar refractivity (Wildman–Crippen MR) is 53.5 cm³/mol. The van der Waals surface area contributed by atoms with Crippen LogP contribution in [0, 0.1) is 0 Å². The highest BCUT2D eigenvalue weighted by molar-refractivity contribution is 9.08. The normalized spacial score (nSPS) is 15.0. The summed E-state index contributed by atoms with van der Waals surface area (Å²) in [7, 11) is 0. The van der Waals surface area contributed by atoms with Gasteiger partial charge in [0.15, 0.2) is 0 Å². The summed E-state index contributed by atoms with van der Waals surface area (Å²) in [6.07, 6.45) is 1.25. The van der Waals surface area contributed by atoms with E-state index < -0.39 is 0 Å². The van der Waals surface area contributed by atoms with Crippen LogP contribution < -0.4 is 0 Å². The molecule has 0 fully saturated rings. The lowest BCUT2D eigenvalue weighted by Crippen LogP contribution is -1.83. The molecule has 11 heavy (non-hydrogen) atoms. The lowest BCUT2D eigenvalue weighted by atomic mass is 10.1. The maximum atomic E-state index is 3.46. The Hall–Kier alpha value is 0.0500. The van der Waals surface area contributed by atoms with Gasteiger partial charge in [-0.15, -0.1) is 11.8 Å². The minimum absolute atomic E-state index is 0.977. The summed E-state index contributed by atoms with van der Waals surface area (Å²) < 4.78 is 0. The first kappa shape index (κ1) is 7.69. The fourth-order valence-electron chi connectivity index (χ4n) is 1.32. The number of hydrogen-bond acceptors (Lipinski definition) is 1. The van der Waals surface area contributed by atoms with Crippen molar-refractivity contribution < 1.29 is 0 Å². The topological polar surface area (TPSA) is 0 Å². The number of hydrogen-bond donors (Lipinski definition) is 0. The second kappa shape index (κ2) is 3.20. The molecule has 1 aromatic carbocycles. The molecule has 0 amide bonds. The van der Waals surface area contributed by atoms with E-state index >= 15 is 0 Å². The average Bonchev–Trinajstić information content (AvgIpc) is 2.50. The molecule has 58 valence electrons. The van der Waals surface area contributed by atoms with Crippen LogP contribution in [0.1, 0.15) is 11.1 Å². The quantitative estimate of drug-likeness (QED) is 0.666. The third kappa shape index (κ3) is 1.47. The van der Waals surface area contributed by atoms with E-state index in [2.05, 4.69) is 34.1 Å². The Kier molecular flexibility index (Phi) is 2.23. The summed E-state index contributed by atoms with van der Waals surface area (Å²) in [5.41, 5.74) is 2.93. The molecule has 0 aromatic heterocycles. The predicted octanol–water partition coefficient (Wildman–Crippen LogP) is 3.23. The Labute approximate surface area is 79.5 Å². The molecule has 0 bridgehead atoms. The second-order valence-corrected chi connectivity index (χ2v) is 4.37. The van der Waals surface area contributed by atoms with Crippen LogP contribution in [-0.4, -0.2) is 5.75 Å². The molecule has 0 aliphatic carbocycles. The zero-order valence-corrected chi connectivity index (χ0v) is 8.54. The molecule has 0 spiro atoms. The van der Waals surface area contributed by atoms with E-state index in [-0.39, 0.29) is 0 Å². The number of fused-ring (bicyclic) bond motifs is 1. The summed E-state index contributed by atoms with van der Waals surface area (Å²) in [6.45, 7) is 0. The molecular formula is C9H9BrS. The first-order valence-electron chi connectivity index (χ1n) is 3.71. The van der Waals surface area contributed by atoms with Crippen LogP contribution in [0.3, 0.4) is 0 Å². The van der Waals surface area contributed by atoms with Crippen molar-refractivity contribution in [3.8, 4) is 0 Å². The molecular weight excluding hydrogens is 220 g/mol. The summed E-state index contributed by atoms with van der Waals surface area (Å²) in [5.74, 6) is 1.26. The van der Waals surface area contributed by atoms with Gasteiger partial charge in [-0.2, -0.15) is 0 Å². The third-order valence-electron chi connectivity index (χ3n) is 1.91. The fraction of sp³-hybridized carbons (Fsp3) is 0.333. The van der Waals surface area contributed by atoms with Gasteiger partial charge in [0.1, 0.15) is 0 Å². The molecule has 1 heterocycles. The van der Waals surface area contributed by atoms with Gasteiger partial charge in [-0.05, 0) is 23.6 Å². The average molecular weight is 229 g/mol. The van der Waals surface area contributed by atoms with E-state index in [4.69, 9.17) is 0 Å². The minimum atomic E-state index is 0.977. The van der Waals surface area contributed by atoms with Crippen molar-refractivity contribution in [3.63, 3.8) is 0 Å². The van der Waals surface area contributed by atoms with Crippen molar-refractivity contribution in [2.75, 3.05) is 5.75 Å². The first-order valence-corrected chi connectivity index (χ1v) is 5.81. The van der Waals surface area contributed by atoms with Crippen LogP contribution in [0.5, 0.6) is 0 Å². The Morgan fingerprint density at radius 1 is 1.45 bits per heavy atom. The van der Waals surface area contributed by atoms with E-state index in [0.29, 0.717) is 0 Å². The van der Waals surface area contributed by atoms with Gasteiger partial charge in [0, 0.05) is 16.0 Å². The van der Waals surface area contributed by atoms with Crippen LogP contribution in [0.2, 0.25) is 0 Å². The highest BCUT2D eigenvalue weighted by atomic mass is 79.9. The Balaban J connectivity index is 2.41. The molecule has 0 radical (unpaired) electrons. The highest BCUT2D eigenvalue weighted by Gasteiger charge is 2.10. The number of aryl methyl sites for hydroxylation is 1. The monoisotopic (exact) mass is 228 g/mol. The number of alkyl halides is 1. The molecule has 2 heteroatoms. The summed E-state index contributed by atoms with van der Waals surface area (Å²) in [6, 6.07) is 6.75. The zero-order valence-electron chi connectivity index (χ0n) is 6.14. The summed E-state index contributed by atoms with van der Waals surface area (Å²) in [5, 5.41) is 0.977. The van der Waals surface area contributed by atoms with E-state index in [1.807, 2.05) is 11.8 Å². The molecule has 0 nitrogen and oxygen atoms in total. The Morgan fingerprint density at radius 2 is 2.36 bits per heavy atom. The number of rotatable bonds is 1. The van der Waals surface area contributed by atoms with Crippen molar-refractivity contribution in [2.24, 2.45) is 0 Å². The molecule has 1 aromatic rings. The van der Waals surface area contributed by atoms with Crippen LogP contribution in [0.25, 0.3) is 0 Å². The van der Waals surface area contributed by atoms with Gasteiger partial charge in [-0.3, -0.25) is 0 Å². The molecule has 0 atom stereocenters. The van der Waals surface area contributed by atoms with Gasteiger partial charge < -0.3 is 0 Å². The van der Waals surface area contributed by atoms with Gasteiger partial charge in [0.05, 0.1) is 0 Å². The van der Waals surface area contributed by atoms with Crippen molar-refractivity contribution in [1.29, 1.82) is 0 Å². The van der Waals surface area contributed by atoms with Gasteiger partial charge in [-0.1, -0.05) is 28.1 Å². The number of halogens is 1. The smallest absolute Gasteiger partial charge is 0.0283 e. The molecule has 1 aliphatic rings. The fourth-order valence-corrected chi connectivity index (χ4v) is 2.72. The lowest BCUT2D eigenvalue weighted by Gasteiger charge is -1.99. The van der Waals surface area contributed by atoms with Crippen molar-refractivity contribution >= 4 is 27.7 Å². The molecule has 2 rings (SSSR count). The number of thioether (sulfide) groups is 1. The standard InChI is InChI=1S/C9H9BrS/c10-6-7-1-2-9-8(5-7)3-4-11-9/h1-2,5H,3-4,6H2. The summed E-state index contributed by atoms with van der Waals surface area (Å²) >= 11 is 5.43. The Morgan fingerprint density at radius 3 is 3.18 bits per heavy atom. The molecule has 1 aliphatic heterocycles. The van der Waals surface area contributed by atoms with Crippen LogP contribution in [0.15, 0.2) is 23.1 Å². The molecule has 0 N–H and O–H groups in total. The van der Waals surface area contributed by atoms with Gasteiger partial charge >= 0.3 is 0 Å². The van der Waals surface area contributed by atoms with Crippen LogP contribution >= 0.6 is 27.7 Å². The van der Waals surface area contributed by atoms with Crippen LogP contribution in [0.4, 0.5) is 0 Å². The maximum Gasteiger partial charge on any atom is 0.0283 e. The van der Waals surface area contributed by atoms with Gasteiger partial charge in [-0.25, -0.2) is 0 Å². The van der Waals surface area contributed by atoms with Crippen molar-refractivity contribution in [1.82, 2.24) is 0 Å². The van der Waals surface area contributed by atoms with E-state index in [9.17, 15) is 0 Å². The largest absolute Gasteiger partial charge is 0.126 e. The molecule has 0 saturated heterocycles. The lowest BCUT2D eigenvalue weighted by molar-refractivity contribution is 1.13. The Bertz CT molecular complexity index is 270. The SMILES string of the molecule is BrCc1ccc2c(c1)CCS2. The second-order valence-electron chi connectivity index (χ2n) is 2.67. The molecule has 0 saturated carbocycles. The third-order valence-corrected chi connectivity index (χ3v) is 3.67. The van der Waals surface area contributed by atoms with E-state index in [1.54, 1.807) is 0 Å².